The van der Waals surface area contributed by atoms with E-state index in [1.54, 1.807) is 6.20 Å². The van der Waals surface area contributed by atoms with Gasteiger partial charge in [0.2, 0.25) is 0 Å². The molecular formula is C15H14N4. The van der Waals surface area contributed by atoms with Crippen LogP contribution in [-0.2, 0) is 0 Å². The Bertz CT molecular complexity index is 698. The van der Waals surface area contributed by atoms with Gasteiger partial charge in [0.1, 0.15) is 0 Å². The molecule has 0 bridgehead atoms. The molecular weight excluding hydrogens is 236 g/mol. The van der Waals surface area contributed by atoms with Crippen molar-refractivity contribution in [1.82, 2.24) is 14.8 Å². The third-order valence-electron chi connectivity index (χ3n) is 2.97. The SMILES string of the molecule is Cc1cc(-n2cc(-c3ccc(N)cc3)cn2)ccn1. The Balaban J connectivity index is 1.97. The second-order valence-corrected chi connectivity index (χ2v) is 4.45. The maximum Gasteiger partial charge on any atom is 0.0679 e. The number of hydrogen-bond acceptors (Lipinski definition) is 3. The summed E-state index contributed by atoms with van der Waals surface area (Å²) in [7, 11) is 0. The maximum absolute atomic E-state index is 5.69. The van der Waals surface area contributed by atoms with Crippen LogP contribution < -0.4 is 5.73 Å². The van der Waals surface area contributed by atoms with E-state index in [1.807, 2.05) is 60.4 Å². The van der Waals surface area contributed by atoms with Gasteiger partial charge < -0.3 is 5.73 Å². The highest BCUT2D eigenvalue weighted by molar-refractivity contribution is 5.64. The smallest absolute Gasteiger partial charge is 0.0679 e. The number of nitrogen functional groups attached to an aromatic ring is 1. The van der Waals surface area contributed by atoms with Crippen LogP contribution in [-0.4, -0.2) is 14.8 Å². The van der Waals surface area contributed by atoms with E-state index in [0.29, 0.717) is 0 Å². The summed E-state index contributed by atoms with van der Waals surface area (Å²) in [5.74, 6) is 0. The van der Waals surface area contributed by atoms with E-state index in [-0.39, 0.29) is 0 Å². The van der Waals surface area contributed by atoms with Gasteiger partial charge in [-0.15, -0.1) is 0 Å². The molecule has 94 valence electrons. The Kier molecular flexibility index (Phi) is 2.76. The van der Waals surface area contributed by atoms with Crippen LogP contribution in [0.4, 0.5) is 5.69 Å². The summed E-state index contributed by atoms with van der Waals surface area (Å²) in [6.45, 7) is 1.97. The van der Waals surface area contributed by atoms with Crippen LogP contribution in [0.5, 0.6) is 0 Å². The van der Waals surface area contributed by atoms with Crippen LogP contribution in [0.15, 0.2) is 55.0 Å². The first-order chi connectivity index (χ1) is 9.22. The summed E-state index contributed by atoms with van der Waals surface area (Å²) >= 11 is 0. The van der Waals surface area contributed by atoms with E-state index in [0.717, 1.165) is 28.2 Å². The van der Waals surface area contributed by atoms with Crippen molar-refractivity contribution >= 4 is 5.69 Å². The minimum Gasteiger partial charge on any atom is -0.399 e. The highest BCUT2D eigenvalue weighted by atomic mass is 15.3. The lowest BCUT2D eigenvalue weighted by Gasteiger charge is -2.01. The van der Waals surface area contributed by atoms with E-state index in [4.69, 9.17) is 5.73 Å². The lowest BCUT2D eigenvalue weighted by Crippen LogP contribution is -1.95. The molecule has 1 aromatic carbocycles. The summed E-state index contributed by atoms with van der Waals surface area (Å²) in [6, 6.07) is 11.7. The zero-order valence-electron chi connectivity index (χ0n) is 10.6. The first kappa shape index (κ1) is 11.5. The Morgan fingerprint density at radius 3 is 2.58 bits per heavy atom. The molecule has 4 heteroatoms. The molecule has 2 aromatic heterocycles. The normalized spacial score (nSPS) is 10.6. The molecule has 0 radical (unpaired) electrons. The minimum atomic E-state index is 0.765. The summed E-state index contributed by atoms with van der Waals surface area (Å²) in [5, 5.41) is 4.38. The average Bonchev–Trinajstić information content (AvgIpc) is 2.89. The second-order valence-electron chi connectivity index (χ2n) is 4.45. The third-order valence-corrected chi connectivity index (χ3v) is 2.97. The van der Waals surface area contributed by atoms with Gasteiger partial charge in [0, 0.05) is 29.3 Å². The quantitative estimate of drug-likeness (QED) is 0.711. The van der Waals surface area contributed by atoms with Gasteiger partial charge >= 0.3 is 0 Å². The van der Waals surface area contributed by atoms with Gasteiger partial charge in [-0.05, 0) is 36.8 Å². The molecule has 0 atom stereocenters. The molecule has 0 saturated carbocycles. The lowest BCUT2D eigenvalue weighted by molar-refractivity contribution is 0.875. The molecule has 0 aliphatic heterocycles. The Labute approximate surface area is 111 Å². The molecule has 0 saturated heterocycles. The van der Waals surface area contributed by atoms with Crippen molar-refractivity contribution in [3.8, 4) is 16.8 Å². The van der Waals surface area contributed by atoms with Crippen molar-refractivity contribution in [2.24, 2.45) is 0 Å². The number of benzene rings is 1. The summed E-state index contributed by atoms with van der Waals surface area (Å²) < 4.78 is 1.85. The summed E-state index contributed by atoms with van der Waals surface area (Å²) in [4.78, 5) is 4.18. The summed E-state index contributed by atoms with van der Waals surface area (Å²) in [5.41, 5.74) is 10.6. The average molecular weight is 250 g/mol. The van der Waals surface area contributed by atoms with E-state index < -0.39 is 0 Å². The molecule has 4 nitrogen and oxygen atoms in total. The molecule has 3 aromatic rings. The largest absolute Gasteiger partial charge is 0.399 e. The van der Waals surface area contributed by atoms with Crippen LogP contribution in [0.3, 0.4) is 0 Å². The molecule has 19 heavy (non-hydrogen) atoms. The number of rotatable bonds is 2. The lowest BCUT2D eigenvalue weighted by atomic mass is 10.1. The van der Waals surface area contributed by atoms with Crippen molar-refractivity contribution < 1.29 is 0 Å². The fourth-order valence-electron chi connectivity index (χ4n) is 1.96. The first-order valence-corrected chi connectivity index (χ1v) is 6.06. The number of nitrogens with two attached hydrogens (primary N) is 1. The second kappa shape index (κ2) is 4.57. The van der Waals surface area contributed by atoms with Crippen LogP contribution in [0.1, 0.15) is 5.69 Å². The number of pyridine rings is 1. The molecule has 0 fully saturated rings. The topological polar surface area (TPSA) is 56.7 Å². The van der Waals surface area contributed by atoms with E-state index >= 15 is 0 Å². The Hall–Kier alpha value is -2.62. The fourth-order valence-corrected chi connectivity index (χ4v) is 1.96. The van der Waals surface area contributed by atoms with Crippen molar-refractivity contribution in [2.45, 2.75) is 6.92 Å². The Morgan fingerprint density at radius 2 is 1.84 bits per heavy atom. The molecule has 0 aliphatic carbocycles. The molecule has 0 spiro atoms. The van der Waals surface area contributed by atoms with Crippen molar-refractivity contribution in [3.63, 3.8) is 0 Å². The predicted octanol–water partition coefficient (Wildman–Crippen LogP) is 2.82. The molecule has 2 N–H and O–H groups in total. The van der Waals surface area contributed by atoms with E-state index in [1.165, 1.54) is 0 Å². The first-order valence-electron chi connectivity index (χ1n) is 6.06. The van der Waals surface area contributed by atoms with Crippen molar-refractivity contribution in [2.75, 3.05) is 5.73 Å². The number of aromatic nitrogens is 3. The van der Waals surface area contributed by atoms with Gasteiger partial charge in [0.15, 0.2) is 0 Å². The third kappa shape index (κ3) is 2.33. The highest BCUT2D eigenvalue weighted by Gasteiger charge is 2.03. The standard InChI is InChI=1S/C15H14N4/c1-11-8-15(6-7-17-11)19-10-13(9-18-19)12-2-4-14(16)5-3-12/h2-10H,16H2,1H3. The van der Waals surface area contributed by atoms with Crippen LogP contribution in [0, 0.1) is 6.92 Å². The van der Waals surface area contributed by atoms with Crippen molar-refractivity contribution in [1.29, 1.82) is 0 Å². The molecule has 0 unspecified atom stereocenters. The molecule has 0 amide bonds. The monoisotopic (exact) mass is 250 g/mol. The summed E-state index contributed by atoms with van der Waals surface area (Å²) in [6.07, 6.45) is 5.64. The molecule has 0 aliphatic rings. The van der Waals surface area contributed by atoms with Crippen LogP contribution >= 0.6 is 0 Å². The van der Waals surface area contributed by atoms with Gasteiger partial charge in [0.05, 0.1) is 11.9 Å². The van der Waals surface area contributed by atoms with Gasteiger partial charge in [0.25, 0.3) is 0 Å². The van der Waals surface area contributed by atoms with E-state index in [2.05, 4.69) is 10.1 Å². The van der Waals surface area contributed by atoms with Gasteiger partial charge in [-0.3, -0.25) is 4.98 Å². The van der Waals surface area contributed by atoms with Crippen LogP contribution in [0.25, 0.3) is 16.8 Å². The minimum absolute atomic E-state index is 0.765. The van der Waals surface area contributed by atoms with Crippen LogP contribution in [0.2, 0.25) is 0 Å². The zero-order chi connectivity index (χ0) is 13.2. The maximum atomic E-state index is 5.69. The zero-order valence-corrected chi connectivity index (χ0v) is 10.6. The van der Waals surface area contributed by atoms with E-state index in [9.17, 15) is 0 Å². The van der Waals surface area contributed by atoms with Gasteiger partial charge in [-0.25, -0.2) is 4.68 Å². The number of anilines is 1. The number of aryl methyl sites for hydroxylation is 1. The fraction of sp³-hybridized carbons (Fsp3) is 0.0667. The molecule has 2 heterocycles. The number of hydrogen-bond donors (Lipinski definition) is 1. The van der Waals surface area contributed by atoms with Crippen molar-refractivity contribution in [3.05, 3.63) is 60.7 Å². The number of nitrogens with zero attached hydrogens (tertiary/aromatic N) is 3. The molecule has 3 rings (SSSR count). The highest BCUT2D eigenvalue weighted by Crippen LogP contribution is 2.21. The predicted molar refractivity (Wildman–Crippen MR) is 75.9 cm³/mol. The van der Waals surface area contributed by atoms with Gasteiger partial charge in [-0.1, -0.05) is 12.1 Å². The van der Waals surface area contributed by atoms with Gasteiger partial charge in [-0.2, -0.15) is 5.10 Å². The Morgan fingerprint density at radius 1 is 1.05 bits per heavy atom.